The molecule has 1 saturated heterocycles. The Kier molecular flexibility index (Phi) is 4.39. The van der Waals surface area contributed by atoms with E-state index in [1.165, 1.54) is 0 Å². The molecule has 0 atom stereocenters. The number of hydrogen-bond acceptors (Lipinski definition) is 4. The van der Waals surface area contributed by atoms with E-state index in [0.717, 1.165) is 43.9 Å². The van der Waals surface area contributed by atoms with E-state index in [1.807, 2.05) is 38.1 Å². The van der Waals surface area contributed by atoms with Crippen molar-refractivity contribution in [2.75, 3.05) is 26.2 Å². The Morgan fingerprint density at radius 1 is 1.10 bits per heavy atom. The topological polar surface area (TPSA) is 54.1 Å². The fourth-order valence-electron chi connectivity index (χ4n) is 2.54. The first-order chi connectivity index (χ1) is 9.56. The molecule has 0 saturated carbocycles. The van der Waals surface area contributed by atoms with Crippen LogP contribution in [0.15, 0.2) is 24.3 Å². The molecule has 2 rings (SSSR count). The molecule has 0 radical (unpaired) electrons. The highest BCUT2D eigenvalue weighted by atomic mass is 15.3. The quantitative estimate of drug-likeness (QED) is 0.841. The molecule has 0 amide bonds. The van der Waals surface area contributed by atoms with Crippen molar-refractivity contribution in [3.05, 3.63) is 35.4 Å². The van der Waals surface area contributed by atoms with Crippen molar-refractivity contribution in [3.63, 3.8) is 0 Å². The molecular weight excluding hydrogens is 248 g/mol. The molecule has 0 bridgehead atoms. The summed E-state index contributed by atoms with van der Waals surface area (Å²) < 4.78 is 0. The molecule has 1 heterocycles. The molecular formula is C16H20N4. The molecule has 4 heteroatoms. The van der Waals surface area contributed by atoms with Gasteiger partial charge in [0.25, 0.3) is 0 Å². The van der Waals surface area contributed by atoms with Crippen LogP contribution in [-0.4, -0.2) is 41.5 Å². The fourth-order valence-corrected chi connectivity index (χ4v) is 2.54. The van der Waals surface area contributed by atoms with Gasteiger partial charge < -0.3 is 0 Å². The number of nitrogens with zero attached hydrogens (tertiary/aromatic N) is 4. The van der Waals surface area contributed by atoms with Gasteiger partial charge in [-0.1, -0.05) is 18.2 Å². The summed E-state index contributed by atoms with van der Waals surface area (Å²) in [6.07, 6.45) is 0. The highest BCUT2D eigenvalue weighted by Gasteiger charge is 2.29. The molecule has 4 nitrogen and oxygen atoms in total. The van der Waals surface area contributed by atoms with E-state index in [4.69, 9.17) is 5.26 Å². The van der Waals surface area contributed by atoms with Gasteiger partial charge in [0.05, 0.1) is 17.7 Å². The van der Waals surface area contributed by atoms with Crippen LogP contribution in [0.3, 0.4) is 0 Å². The normalized spacial score (nSPS) is 17.4. The third-order valence-electron chi connectivity index (χ3n) is 3.97. The fraction of sp³-hybridized carbons (Fsp3) is 0.500. The predicted molar refractivity (Wildman–Crippen MR) is 77.7 cm³/mol. The first-order valence-electron chi connectivity index (χ1n) is 6.93. The highest BCUT2D eigenvalue weighted by Crippen LogP contribution is 2.18. The Balaban J connectivity index is 1.96. The molecule has 1 aliphatic rings. The standard InChI is InChI=1S/C16H20N4/c1-16(2,13-18)20-9-7-19(8-10-20)12-15-6-4-3-5-14(15)11-17/h3-6H,7-10,12H2,1-2H3. The smallest absolute Gasteiger partial charge is 0.103 e. The number of rotatable bonds is 3. The average Bonchev–Trinajstić information content (AvgIpc) is 2.48. The molecule has 0 aromatic heterocycles. The Morgan fingerprint density at radius 3 is 2.35 bits per heavy atom. The molecule has 1 fully saturated rings. The summed E-state index contributed by atoms with van der Waals surface area (Å²) in [6, 6.07) is 12.4. The Hall–Kier alpha value is -1.88. The van der Waals surface area contributed by atoms with Gasteiger partial charge in [0.1, 0.15) is 5.54 Å². The van der Waals surface area contributed by atoms with Gasteiger partial charge >= 0.3 is 0 Å². The van der Waals surface area contributed by atoms with Crippen LogP contribution in [0.5, 0.6) is 0 Å². The zero-order chi connectivity index (χ0) is 14.6. The van der Waals surface area contributed by atoms with E-state index in [0.29, 0.717) is 0 Å². The Labute approximate surface area is 120 Å². The van der Waals surface area contributed by atoms with E-state index >= 15 is 0 Å². The Morgan fingerprint density at radius 2 is 1.75 bits per heavy atom. The summed E-state index contributed by atoms with van der Waals surface area (Å²) in [4.78, 5) is 4.57. The second-order valence-electron chi connectivity index (χ2n) is 5.70. The average molecular weight is 268 g/mol. The van der Waals surface area contributed by atoms with Crippen LogP contribution in [0.4, 0.5) is 0 Å². The number of hydrogen-bond donors (Lipinski definition) is 0. The number of piperazine rings is 1. The summed E-state index contributed by atoms with van der Waals surface area (Å²) in [5, 5.41) is 18.3. The van der Waals surface area contributed by atoms with Crippen LogP contribution in [0.2, 0.25) is 0 Å². The van der Waals surface area contributed by atoms with Crippen LogP contribution in [0.25, 0.3) is 0 Å². The van der Waals surface area contributed by atoms with Crippen LogP contribution in [-0.2, 0) is 6.54 Å². The SMILES string of the molecule is CC(C)(C#N)N1CCN(Cc2ccccc2C#N)CC1. The highest BCUT2D eigenvalue weighted by molar-refractivity contribution is 5.37. The van der Waals surface area contributed by atoms with E-state index in [2.05, 4.69) is 21.9 Å². The summed E-state index contributed by atoms with van der Waals surface area (Å²) in [5.41, 5.74) is 1.45. The lowest BCUT2D eigenvalue weighted by Crippen LogP contribution is -2.53. The minimum absolute atomic E-state index is 0.392. The first-order valence-corrected chi connectivity index (χ1v) is 6.93. The third kappa shape index (κ3) is 3.17. The van der Waals surface area contributed by atoms with Crippen LogP contribution in [0.1, 0.15) is 25.0 Å². The zero-order valence-corrected chi connectivity index (χ0v) is 12.1. The maximum absolute atomic E-state index is 9.17. The van der Waals surface area contributed by atoms with Crippen LogP contribution >= 0.6 is 0 Å². The first kappa shape index (κ1) is 14.5. The summed E-state index contributed by atoms with van der Waals surface area (Å²) >= 11 is 0. The van der Waals surface area contributed by atoms with E-state index < -0.39 is 5.54 Å². The van der Waals surface area contributed by atoms with Crippen molar-refractivity contribution in [2.24, 2.45) is 0 Å². The van der Waals surface area contributed by atoms with Crippen molar-refractivity contribution in [2.45, 2.75) is 25.9 Å². The van der Waals surface area contributed by atoms with E-state index in [1.54, 1.807) is 0 Å². The van der Waals surface area contributed by atoms with Crippen molar-refractivity contribution in [1.82, 2.24) is 9.80 Å². The monoisotopic (exact) mass is 268 g/mol. The van der Waals surface area contributed by atoms with Gasteiger partial charge in [0.15, 0.2) is 0 Å². The minimum Gasteiger partial charge on any atom is -0.296 e. The molecule has 0 aliphatic carbocycles. The van der Waals surface area contributed by atoms with Gasteiger partial charge in [-0.3, -0.25) is 9.80 Å². The van der Waals surface area contributed by atoms with Gasteiger partial charge in [0.2, 0.25) is 0 Å². The van der Waals surface area contributed by atoms with Gasteiger partial charge in [-0.05, 0) is 25.5 Å². The number of nitriles is 2. The van der Waals surface area contributed by atoms with Gasteiger partial charge in [0, 0.05) is 32.7 Å². The summed E-state index contributed by atoms with van der Waals surface area (Å²) in [5.74, 6) is 0. The lowest BCUT2D eigenvalue weighted by molar-refractivity contribution is 0.0763. The number of benzene rings is 1. The lowest BCUT2D eigenvalue weighted by Gasteiger charge is -2.40. The third-order valence-corrected chi connectivity index (χ3v) is 3.97. The van der Waals surface area contributed by atoms with E-state index in [9.17, 15) is 5.26 Å². The molecule has 1 aliphatic heterocycles. The molecule has 0 spiro atoms. The second kappa shape index (κ2) is 6.05. The zero-order valence-electron chi connectivity index (χ0n) is 12.1. The maximum atomic E-state index is 9.17. The van der Waals surface area contributed by atoms with Gasteiger partial charge in [-0.2, -0.15) is 10.5 Å². The predicted octanol–water partition coefficient (Wildman–Crippen LogP) is 1.98. The van der Waals surface area contributed by atoms with Crippen molar-refractivity contribution in [3.8, 4) is 12.1 Å². The molecule has 0 N–H and O–H groups in total. The van der Waals surface area contributed by atoms with E-state index in [-0.39, 0.29) is 0 Å². The molecule has 0 unspecified atom stereocenters. The lowest BCUT2D eigenvalue weighted by atomic mass is 10.0. The Bertz CT molecular complexity index is 542. The van der Waals surface area contributed by atoms with Crippen molar-refractivity contribution >= 4 is 0 Å². The second-order valence-corrected chi connectivity index (χ2v) is 5.70. The molecule has 20 heavy (non-hydrogen) atoms. The summed E-state index contributed by atoms with van der Waals surface area (Å²) in [6.45, 7) is 8.41. The molecule has 1 aromatic rings. The van der Waals surface area contributed by atoms with Crippen molar-refractivity contribution < 1.29 is 0 Å². The largest absolute Gasteiger partial charge is 0.296 e. The van der Waals surface area contributed by atoms with Crippen LogP contribution < -0.4 is 0 Å². The van der Waals surface area contributed by atoms with Crippen LogP contribution in [0, 0.1) is 22.7 Å². The van der Waals surface area contributed by atoms with Gasteiger partial charge in [-0.15, -0.1) is 0 Å². The summed E-state index contributed by atoms with van der Waals surface area (Å²) in [7, 11) is 0. The minimum atomic E-state index is -0.392. The maximum Gasteiger partial charge on any atom is 0.103 e. The van der Waals surface area contributed by atoms with Gasteiger partial charge in [-0.25, -0.2) is 0 Å². The molecule has 104 valence electrons. The molecule has 1 aromatic carbocycles. The van der Waals surface area contributed by atoms with Crippen molar-refractivity contribution in [1.29, 1.82) is 10.5 Å².